The van der Waals surface area contributed by atoms with E-state index in [4.69, 9.17) is 8.94 Å². The topological polar surface area (TPSA) is 68.3 Å². The highest BCUT2D eigenvalue weighted by atomic mass is 32.1. The van der Waals surface area contributed by atoms with Gasteiger partial charge in [0.05, 0.1) is 11.1 Å². The fraction of sp³-hybridized carbons (Fsp3) is 0.0769. The summed E-state index contributed by atoms with van der Waals surface area (Å²) in [5, 5.41) is 8.27. The highest BCUT2D eigenvalue weighted by molar-refractivity contribution is 7.12. The number of nitrogens with one attached hydrogen (secondary N) is 1. The second kappa shape index (κ2) is 4.74. The number of hydrogen-bond donors (Lipinski definition) is 1. The van der Waals surface area contributed by atoms with E-state index >= 15 is 0 Å². The van der Waals surface area contributed by atoms with Gasteiger partial charge in [-0.2, -0.15) is 0 Å². The second-order valence-electron chi connectivity index (χ2n) is 3.95. The maximum atomic E-state index is 12.0. The van der Waals surface area contributed by atoms with E-state index in [1.54, 1.807) is 25.3 Å². The number of nitrogens with zero attached hydrogens (tertiary/aromatic N) is 1. The summed E-state index contributed by atoms with van der Waals surface area (Å²) in [6.45, 7) is 1.77. The highest BCUT2D eigenvalue weighted by Gasteiger charge is 2.13. The van der Waals surface area contributed by atoms with E-state index in [0.29, 0.717) is 16.5 Å². The molecule has 0 unspecified atom stereocenters. The molecule has 3 aromatic heterocycles. The number of aromatic nitrogens is 1. The molecule has 3 aromatic rings. The van der Waals surface area contributed by atoms with E-state index in [-0.39, 0.29) is 5.91 Å². The number of rotatable bonds is 3. The van der Waals surface area contributed by atoms with Crippen LogP contribution in [-0.2, 0) is 0 Å². The normalized spacial score (nSPS) is 10.6. The zero-order valence-electron chi connectivity index (χ0n) is 10.0. The summed E-state index contributed by atoms with van der Waals surface area (Å²) in [5.41, 5.74) is 0.886. The van der Waals surface area contributed by atoms with Gasteiger partial charge in [-0.15, -0.1) is 11.3 Å². The Kier molecular flexibility index (Phi) is 2.92. The molecule has 3 rings (SSSR count). The minimum Gasteiger partial charge on any atom is -0.464 e. The van der Waals surface area contributed by atoms with Crippen molar-refractivity contribution in [1.29, 1.82) is 0 Å². The lowest BCUT2D eigenvalue weighted by molar-refractivity contribution is 0.102. The zero-order chi connectivity index (χ0) is 13.2. The van der Waals surface area contributed by atoms with Gasteiger partial charge >= 0.3 is 0 Å². The molecule has 0 aliphatic carbocycles. The minimum absolute atomic E-state index is 0.212. The lowest BCUT2D eigenvalue weighted by atomic mass is 10.2. The summed E-state index contributed by atoms with van der Waals surface area (Å²) in [6.07, 6.45) is 1.60. The fourth-order valence-corrected chi connectivity index (χ4v) is 2.42. The number of carbonyl (C=O) groups is 1. The predicted molar refractivity (Wildman–Crippen MR) is 71.2 cm³/mol. The number of hydrogen-bond acceptors (Lipinski definition) is 5. The van der Waals surface area contributed by atoms with Crippen molar-refractivity contribution in [3.63, 3.8) is 0 Å². The van der Waals surface area contributed by atoms with Crippen LogP contribution in [0.25, 0.3) is 11.3 Å². The molecule has 0 atom stereocenters. The standard InChI is InChI=1S/C13H10N2O3S/c1-8-5-12(15-18-8)14-13(16)11-6-9(7-19-11)10-3-2-4-17-10/h2-7H,1H3,(H,14,15,16). The fourth-order valence-electron chi connectivity index (χ4n) is 1.63. The van der Waals surface area contributed by atoms with E-state index in [1.807, 2.05) is 17.5 Å². The summed E-state index contributed by atoms with van der Waals surface area (Å²) in [7, 11) is 0. The van der Waals surface area contributed by atoms with Gasteiger partial charge in [-0.25, -0.2) is 0 Å². The van der Waals surface area contributed by atoms with Crippen LogP contribution < -0.4 is 5.32 Å². The van der Waals surface area contributed by atoms with Crippen LogP contribution in [0.2, 0.25) is 0 Å². The first-order chi connectivity index (χ1) is 9.22. The third-order valence-corrected chi connectivity index (χ3v) is 3.43. The predicted octanol–water partition coefficient (Wildman–Crippen LogP) is 3.56. The number of amides is 1. The van der Waals surface area contributed by atoms with Crippen molar-refractivity contribution in [2.45, 2.75) is 6.92 Å². The van der Waals surface area contributed by atoms with Gasteiger partial charge < -0.3 is 14.3 Å². The smallest absolute Gasteiger partial charge is 0.266 e. The Morgan fingerprint density at radius 2 is 2.32 bits per heavy atom. The van der Waals surface area contributed by atoms with E-state index in [2.05, 4.69) is 10.5 Å². The Morgan fingerprint density at radius 3 is 3.00 bits per heavy atom. The van der Waals surface area contributed by atoms with Gasteiger partial charge in [-0.1, -0.05) is 5.16 Å². The molecule has 1 N–H and O–H groups in total. The third-order valence-electron chi connectivity index (χ3n) is 2.50. The molecule has 6 heteroatoms. The Hall–Kier alpha value is -2.34. The van der Waals surface area contributed by atoms with E-state index in [0.717, 1.165) is 11.3 Å². The van der Waals surface area contributed by atoms with E-state index < -0.39 is 0 Å². The Morgan fingerprint density at radius 1 is 1.42 bits per heavy atom. The molecule has 1 amide bonds. The molecule has 0 fully saturated rings. The molecular weight excluding hydrogens is 264 g/mol. The number of thiophene rings is 1. The van der Waals surface area contributed by atoms with Gasteiger partial charge in [-0.3, -0.25) is 4.79 Å². The quantitative estimate of drug-likeness (QED) is 0.793. The highest BCUT2D eigenvalue weighted by Crippen LogP contribution is 2.26. The number of anilines is 1. The van der Waals surface area contributed by atoms with Crippen molar-refractivity contribution in [2.75, 3.05) is 5.32 Å². The van der Waals surface area contributed by atoms with Crippen LogP contribution >= 0.6 is 11.3 Å². The van der Waals surface area contributed by atoms with Crippen LogP contribution in [0.5, 0.6) is 0 Å². The third kappa shape index (κ3) is 2.43. The Bertz CT molecular complexity index is 697. The maximum Gasteiger partial charge on any atom is 0.266 e. The van der Waals surface area contributed by atoms with Crippen LogP contribution in [0.4, 0.5) is 5.82 Å². The Labute approximate surface area is 112 Å². The van der Waals surface area contributed by atoms with Crippen LogP contribution in [-0.4, -0.2) is 11.1 Å². The van der Waals surface area contributed by atoms with Gasteiger partial charge in [0.1, 0.15) is 11.5 Å². The summed E-state index contributed by atoms with van der Waals surface area (Å²) in [5.74, 6) is 1.59. The van der Waals surface area contributed by atoms with Crippen molar-refractivity contribution < 1.29 is 13.7 Å². The summed E-state index contributed by atoms with van der Waals surface area (Å²) < 4.78 is 10.2. The van der Waals surface area contributed by atoms with E-state index in [9.17, 15) is 4.79 Å². The molecule has 0 radical (unpaired) electrons. The van der Waals surface area contributed by atoms with Crippen LogP contribution in [0, 0.1) is 6.92 Å². The van der Waals surface area contributed by atoms with Crippen molar-refractivity contribution in [3.8, 4) is 11.3 Å². The molecule has 5 nitrogen and oxygen atoms in total. The Balaban J connectivity index is 1.77. The SMILES string of the molecule is Cc1cc(NC(=O)c2cc(-c3ccco3)cs2)no1. The molecule has 0 saturated carbocycles. The monoisotopic (exact) mass is 274 g/mol. The summed E-state index contributed by atoms with van der Waals surface area (Å²) in [4.78, 5) is 12.6. The van der Waals surface area contributed by atoms with Crippen molar-refractivity contribution in [2.24, 2.45) is 0 Å². The van der Waals surface area contributed by atoms with Gasteiger partial charge in [0, 0.05) is 17.0 Å². The van der Waals surface area contributed by atoms with Crippen LogP contribution in [0.3, 0.4) is 0 Å². The maximum absolute atomic E-state index is 12.0. The van der Waals surface area contributed by atoms with Crippen molar-refractivity contribution in [3.05, 3.63) is 46.5 Å². The molecule has 0 aliphatic heterocycles. The first-order valence-electron chi connectivity index (χ1n) is 5.59. The minimum atomic E-state index is -0.212. The molecule has 0 saturated heterocycles. The second-order valence-corrected chi connectivity index (χ2v) is 4.87. The number of aryl methyl sites for hydroxylation is 1. The lowest BCUT2D eigenvalue weighted by Gasteiger charge is -1.96. The van der Waals surface area contributed by atoms with Gasteiger partial charge in [0.15, 0.2) is 5.82 Å². The van der Waals surface area contributed by atoms with Crippen LogP contribution in [0.1, 0.15) is 15.4 Å². The molecule has 0 spiro atoms. The van der Waals surface area contributed by atoms with Crippen molar-refractivity contribution >= 4 is 23.1 Å². The number of furan rings is 1. The van der Waals surface area contributed by atoms with Gasteiger partial charge in [-0.05, 0) is 25.1 Å². The summed E-state index contributed by atoms with van der Waals surface area (Å²) >= 11 is 1.35. The van der Waals surface area contributed by atoms with Crippen molar-refractivity contribution in [1.82, 2.24) is 5.16 Å². The molecular formula is C13H10N2O3S. The zero-order valence-corrected chi connectivity index (χ0v) is 10.9. The number of carbonyl (C=O) groups excluding carboxylic acids is 1. The lowest BCUT2D eigenvalue weighted by Crippen LogP contribution is -2.10. The van der Waals surface area contributed by atoms with Crippen LogP contribution in [0.15, 0.2) is 44.8 Å². The average molecular weight is 274 g/mol. The van der Waals surface area contributed by atoms with Gasteiger partial charge in [0.25, 0.3) is 5.91 Å². The molecule has 19 heavy (non-hydrogen) atoms. The molecule has 3 heterocycles. The molecule has 0 bridgehead atoms. The van der Waals surface area contributed by atoms with E-state index in [1.165, 1.54) is 11.3 Å². The first-order valence-corrected chi connectivity index (χ1v) is 6.47. The molecule has 96 valence electrons. The summed E-state index contributed by atoms with van der Waals surface area (Å²) in [6, 6.07) is 7.11. The molecule has 0 aromatic carbocycles. The van der Waals surface area contributed by atoms with Gasteiger partial charge in [0.2, 0.25) is 0 Å². The molecule has 0 aliphatic rings. The average Bonchev–Trinajstić information content (AvgIpc) is 3.08. The first kappa shape index (κ1) is 11.7. The largest absolute Gasteiger partial charge is 0.464 e.